The first-order chi connectivity index (χ1) is 23.2. The molecule has 4 aliphatic rings. The Labute approximate surface area is 286 Å². The van der Waals surface area contributed by atoms with E-state index in [4.69, 9.17) is 14.7 Å². The number of hydrogen-bond acceptors (Lipinski definition) is 7. The smallest absolute Gasteiger partial charge is 0.310 e. The van der Waals surface area contributed by atoms with Gasteiger partial charge in [0.1, 0.15) is 16.6 Å². The minimum Gasteiger partial charge on any atom is -0.481 e. The number of thiazole rings is 1. The number of benzene rings is 1. The summed E-state index contributed by atoms with van der Waals surface area (Å²) in [5.74, 6) is -0.993. The number of imidazole rings is 1. The van der Waals surface area contributed by atoms with Gasteiger partial charge in [0.25, 0.3) is 6.01 Å². The topological polar surface area (TPSA) is 115 Å². The molecule has 10 heteroatoms. The number of carboxylic acids is 1. The van der Waals surface area contributed by atoms with Crippen molar-refractivity contribution >= 4 is 40.0 Å². The van der Waals surface area contributed by atoms with Crippen LogP contribution in [0.5, 0.6) is 6.01 Å². The molecule has 7 rings (SSSR count). The van der Waals surface area contributed by atoms with Crippen molar-refractivity contribution in [3.8, 4) is 16.6 Å². The Kier molecular flexibility index (Phi) is 9.22. The first-order valence-corrected chi connectivity index (χ1v) is 18.9. The van der Waals surface area contributed by atoms with Gasteiger partial charge in [-0.2, -0.15) is 4.98 Å². The first-order valence-electron chi connectivity index (χ1n) is 18.0. The maximum absolute atomic E-state index is 14.0. The molecule has 48 heavy (non-hydrogen) atoms. The number of carbonyl (C=O) groups excluding carboxylic acids is 2. The van der Waals surface area contributed by atoms with Crippen molar-refractivity contribution in [1.82, 2.24) is 19.4 Å². The highest BCUT2D eigenvalue weighted by Gasteiger charge is 2.61. The van der Waals surface area contributed by atoms with Crippen LogP contribution in [0.4, 0.5) is 0 Å². The number of Topliss-reactive ketones (excluding diaryl/α,β-unsaturated/α-hetero) is 1. The molecule has 4 heterocycles. The van der Waals surface area contributed by atoms with E-state index in [2.05, 4.69) is 42.0 Å². The van der Waals surface area contributed by atoms with Crippen molar-refractivity contribution < 1.29 is 24.2 Å². The predicted molar refractivity (Wildman–Crippen MR) is 186 cm³/mol. The zero-order valence-corrected chi connectivity index (χ0v) is 29.2. The van der Waals surface area contributed by atoms with Crippen LogP contribution in [0.2, 0.25) is 0 Å². The van der Waals surface area contributed by atoms with Crippen molar-refractivity contribution in [1.29, 1.82) is 0 Å². The van der Waals surface area contributed by atoms with E-state index < -0.39 is 23.5 Å². The number of aliphatic carboxylic acids is 1. The van der Waals surface area contributed by atoms with E-state index in [-0.39, 0.29) is 42.5 Å². The van der Waals surface area contributed by atoms with Gasteiger partial charge in [-0.1, -0.05) is 50.8 Å². The van der Waals surface area contributed by atoms with Gasteiger partial charge in [0.2, 0.25) is 5.91 Å². The van der Waals surface area contributed by atoms with Crippen LogP contribution in [0.15, 0.2) is 35.7 Å². The zero-order valence-electron chi connectivity index (χ0n) is 28.4. The summed E-state index contributed by atoms with van der Waals surface area (Å²) in [6.45, 7) is 6.42. The number of amides is 1. The van der Waals surface area contributed by atoms with Crippen molar-refractivity contribution in [2.24, 2.45) is 17.3 Å². The van der Waals surface area contributed by atoms with Gasteiger partial charge in [-0.15, -0.1) is 11.3 Å². The van der Waals surface area contributed by atoms with Crippen molar-refractivity contribution in [2.45, 2.75) is 122 Å². The molecule has 2 aromatic heterocycles. The lowest BCUT2D eigenvalue weighted by molar-refractivity contribution is -0.147. The molecular weight excluding hydrogens is 625 g/mol. The number of rotatable bonds is 6. The summed E-state index contributed by atoms with van der Waals surface area (Å²) in [6.07, 6.45) is 13.9. The van der Waals surface area contributed by atoms with Gasteiger partial charge in [0.05, 0.1) is 29.2 Å². The average molecular weight is 673 g/mol. The van der Waals surface area contributed by atoms with Crippen LogP contribution in [0, 0.1) is 17.3 Å². The van der Waals surface area contributed by atoms with Crippen LogP contribution in [0.1, 0.15) is 115 Å². The largest absolute Gasteiger partial charge is 0.481 e. The molecule has 5 atom stereocenters. The quantitative estimate of drug-likeness (QED) is 0.264. The third-order valence-corrected chi connectivity index (χ3v) is 12.2. The summed E-state index contributed by atoms with van der Waals surface area (Å²) >= 11 is 1.67. The Morgan fingerprint density at radius 2 is 1.88 bits per heavy atom. The van der Waals surface area contributed by atoms with Crippen LogP contribution in [0.25, 0.3) is 21.6 Å². The van der Waals surface area contributed by atoms with E-state index in [1.165, 1.54) is 31.4 Å². The number of para-hydroxylation sites is 1. The maximum atomic E-state index is 14.0. The molecule has 2 aliphatic carbocycles. The van der Waals surface area contributed by atoms with E-state index >= 15 is 0 Å². The van der Waals surface area contributed by atoms with Crippen LogP contribution in [0.3, 0.4) is 0 Å². The molecule has 0 bridgehead atoms. The molecular formula is C38H48N4O5S. The van der Waals surface area contributed by atoms with Crippen molar-refractivity contribution in [3.63, 3.8) is 0 Å². The number of allylic oxidation sites excluding steroid dienone is 2. The second-order valence-corrected chi connectivity index (χ2v) is 15.8. The van der Waals surface area contributed by atoms with Crippen LogP contribution in [-0.4, -0.2) is 60.9 Å². The summed E-state index contributed by atoms with van der Waals surface area (Å²) in [4.78, 5) is 52.1. The normalized spacial score (nSPS) is 29.5. The fourth-order valence-corrected chi connectivity index (χ4v) is 9.27. The minimum absolute atomic E-state index is 0.0503. The molecule has 2 aliphatic heterocycles. The Bertz CT molecular complexity index is 1720. The second-order valence-electron chi connectivity index (χ2n) is 15.0. The molecule has 3 aromatic rings. The summed E-state index contributed by atoms with van der Waals surface area (Å²) in [5, 5.41) is 13.4. The number of carbonyl (C=O) groups is 3. The first kappa shape index (κ1) is 33.0. The third kappa shape index (κ3) is 6.21. The number of aromatic nitrogens is 3. The average Bonchev–Trinajstić information content (AvgIpc) is 3.65. The highest BCUT2D eigenvalue weighted by Crippen LogP contribution is 2.57. The molecule has 0 unspecified atom stereocenters. The number of nitrogens with zero attached hydrogens (tertiary/aromatic N) is 4. The lowest BCUT2D eigenvalue weighted by Gasteiger charge is -2.27. The fraction of sp³-hybridized carbons (Fsp3) is 0.605. The second kappa shape index (κ2) is 13.4. The summed E-state index contributed by atoms with van der Waals surface area (Å²) < 4.78 is 8.77. The summed E-state index contributed by atoms with van der Waals surface area (Å²) in [7, 11) is 0. The van der Waals surface area contributed by atoms with Gasteiger partial charge < -0.3 is 14.7 Å². The molecule has 1 N–H and O–H groups in total. The number of ether oxygens (including phenoxy) is 1. The van der Waals surface area contributed by atoms with Crippen LogP contribution in [-0.2, 0) is 14.4 Å². The molecule has 1 amide bonds. The van der Waals surface area contributed by atoms with Gasteiger partial charge in [0.15, 0.2) is 5.78 Å². The lowest BCUT2D eigenvalue weighted by Crippen LogP contribution is -2.44. The maximum Gasteiger partial charge on any atom is 0.310 e. The molecule has 0 spiro atoms. The third-order valence-electron chi connectivity index (χ3n) is 11.3. The molecule has 3 fully saturated rings. The Balaban J connectivity index is 1.18. The van der Waals surface area contributed by atoms with Gasteiger partial charge in [-0.25, -0.2) is 4.98 Å². The SMILES string of the molecule is CC(C)n1c(O[C@@H]2C[C@H]3C(=O)C[C@]4(C(=O)O)C[C@@H]4/C=C\CCCCC[C@H](C)C(=O)N3C2)nc2c(-c3nc(C4CCCC4)cs3)cccc21. The van der Waals surface area contributed by atoms with Crippen LogP contribution >= 0.6 is 11.3 Å². The lowest BCUT2D eigenvalue weighted by atomic mass is 9.91. The highest BCUT2D eigenvalue weighted by atomic mass is 32.1. The van der Waals surface area contributed by atoms with Gasteiger partial charge in [-0.05, 0) is 70.4 Å². The summed E-state index contributed by atoms with van der Waals surface area (Å²) in [5.41, 5.74) is 2.87. The molecule has 1 aromatic carbocycles. The van der Waals surface area contributed by atoms with Crippen LogP contribution < -0.4 is 4.74 Å². The Morgan fingerprint density at radius 3 is 2.65 bits per heavy atom. The number of fused-ring (bicyclic) bond motifs is 3. The van der Waals surface area contributed by atoms with Gasteiger partial charge in [-0.3, -0.25) is 19.0 Å². The molecule has 2 saturated carbocycles. The summed E-state index contributed by atoms with van der Waals surface area (Å²) in [6, 6.07) is 5.98. The van der Waals surface area contributed by atoms with Crippen molar-refractivity contribution in [3.05, 3.63) is 41.4 Å². The van der Waals surface area contributed by atoms with E-state index in [0.717, 1.165) is 53.7 Å². The monoisotopic (exact) mass is 672 g/mol. The van der Waals surface area contributed by atoms with E-state index in [1.807, 2.05) is 19.1 Å². The van der Waals surface area contributed by atoms with E-state index in [9.17, 15) is 19.5 Å². The number of carboxylic acid groups (broad SMARTS) is 1. The molecule has 256 valence electrons. The van der Waals surface area contributed by atoms with Gasteiger partial charge >= 0.3 is 5.97 Å². The number of hydrogen-bond donors (Lipinski definition) is 1. The predicted octanol–water partition coefficient (Wildman–Crippen LogP) is 7.95. The zero-order chi connectivity index (χ0) is 33.6. The standard InChI is InChI=1S/C38H48N4O5S/c1-23(2)42-30-17-11-16-28(34-39-29(22-48-34)25-13-9-10-14-25)33(30)40-37(42)47-27-18-31-32(43)20-38(36(45)46)19-26(38)15-8-6-4-5-7-12-24(3)35(44)41(31)21-27/h8,11,15-17,22-27,31H,4-7,9-10,12-14,18-21H2,1-3H3,(H,45,46)/b15-8-/t24-,26-,27+,31-,38+/m0/s1. The molecule has 9 nitrogen and oxygen atoms in total. The van der Waals surface area contributed by atoms with E-state index in [0.29, 0.717) is 24.8 Å². The highest BCUT2D eigenvalue weighted by molar-refractivity contribution is 7.13. The Hall–Kier alpha value is -3.53. The van der Waals surface area contributed by atoms with Crippen molar-refractivity contribution in [2.75, 3.05) is 6.54 Å². The molecule has 0 radical (unpaired) electrons. The van der Waals surface area contributed by atoms with Gasteiger partial charge in [0, 0.05) is 41.7 Å². The minimum atomic E-state index is -1.08. The fourth-order valence-electron chi connectivity index (χ4n) is 8.35. The van der Waals surface area contributed by atoms with E-state index in [1.54, 1.807) is 16.2 Å². The number of ketones is 1. The molecule has 1 saturated heterocycles. The Morgan fingerprint density at radius 1 is 1.08 bits per heavy atom.